The van der Waals surface area contributed by atoms with E-state index >= 15 is 0 Å². The average molecular weight is 194 g/mol. The molecule has 2 N–H and O–H groups in total. The van der Waals surface area contributed by atoms with E-state index in [-0.39, 0.29) is 6.04 Å². The van der Waals surface area contributed by atoms with Gasteiger partial charge < -0.3 is 10.3 Å². The van der Waals surface area contributed by atoms with E-state index in [1.54, 1.807) is 0 Å². The maximum Gasteiger partial charge on any atom is 0.153 e. The van der Waals surface area contributed by atoms with Gasteiger partial charge in [-0.15, -0.1) is 0 Å². The van der Waals surface area contributed by atoms with Gasteiger partial charge in [-0.2, -0.15) is 0 Å². The average Bonchev–Trinajstić information content (AvgIpc) is 2.75. The van der Waals surface area contributed by atoms with Gasteiger partial charge in [0.2, 0.25) is 0 Å². The third-order valence-electron chi connectivity index (χ3n) is 3.00. The van der Waals surface area contributed by atoms with Gasteiger partial charge in [-0.25, -0.2) is 0 Å². The molecule has 1 aliphatic carbocycles. The highest BCUT2D eigenvalue weighted by Crippen LogP contribution is 2.28. The van der Waals surface area contributed by atoms with Gasteiger partial charge in [0.05, 0.1) is 11.7 Å². The summed E-state index contributed by atoms with van der Waals surface area (Å²) < 4.78 is 5.16. The van der Waals surface area contributed by atoms with Gasteiger partial charge in [0.15, 0.2) is 5.76 Å². The molecule has 1 aliphatic rings. The molecule has 2 rings (SSSR count). The third-order valence-corrected chi connectivity index (χ3v) is 3.00. The van der Waals surface area contributed by atoms with Gasteiger partial charge in [-0.3, -0.25) is 0 Å². The second kappa shape index (κ2) is 4.13. The van der Waals surface area contributed by atoms with E-state index in [1.807, 2.05) is 13.0 Å². The molecule has 1 fully saturated rings. The van der Waals surface area contributed by atoms with Crippen molar-refractivity contribution in [2.45, 2.75) is 45.1 Å². The SMILES string of the molecule is CC(N)c1cc(CC2CCCC2)no1. The molecule has 78 valence electrons. The topological polar surface area (TPSA) is 52.0 Å². The largest absolute Gasteiger partial charge is 0.359 e. The molecular formula is C11H18N2O. The molecule has 0 amide bonds. The van der Waals surface area contributed by atoms with Crippen molar-refractivity contribution in [1.82, 2.24) is 5.16 Å². The lowest BCUT2D eigenvalue weighted by Crippen LogP contribution is -2.03. The highest BCUT2D eigenvalue weighted by Gasteiger charge is 2.17. The third kappa shape index (κ3) is 2.15. The lowest BCUT2D eigenvalue weighted by atomic mass is 10.0. The number of hydrogen-bond donors (Lipinski definition) is 1. The quantitative estimate of drug-likeness (QED) is 0.804. The summed E-state index contributed by atoms with van der Waals surface area (Å²) in [6.07, 6.45) is 6.52. The maximum absolute atomic E-state index is 5.70. The minimum absolute atomic E-state index is 0.0418. The minimum Gasteiger partial charge on any atom is -0.359 e. The summed E-state index contributed by atoms with van der Waals surface area (Å²) in [6, 6.07) is 1.96. The minimum atomic E-state index is -0.0418. The molecule has 0 aromatic carbocycles. The normalized spacial score (nSPS) is 20.1. The van der Waals surface area contributed by atoms with Gasteiger partial charge in [0, 0.05) is 6.07 Å². The molecule has 1 atom stereocenters. The van der Waals surface area contributed by atoms with Crippen LogP contribution in [0.1, 0.15) is 50.1 Å². The second-order valence-corrected chi connectivity index (χ2v) is 4.36. The molecule has 0 saturated heterocycles. The highest BCUT2D eigenvalue weighted by atomic mass is 16.5. The Hall–Kier alpha value is -0.830. The first-order chi connectivity index (χ1) is 6.75. The zero-order valence-corrected chi connectivity index (χ0v) is 8.70. The maximum atomic E-state index is 5.70. The molecule has 1 heterocycles. The Morgan fingerprint density at radius 3 is 2.86 bits per heavy atom. The van der Waals surface area contributed by atoms with Crippen molar-refractivity contribution in [3.05, 3.63) is 17.5 Å². The Balaban J connectivity index is 1.95. The molecule has 0 aliphatic heterocycles. The van der Waals surface area contributed by atoms with E-state index in [0.717, 1.165) is 23.8 Å². The number of rotatable bonds is 3. The van der Waals surface area contributed by atoms with Gasteiger partial charge in [0.1, 0.15) is 0 Å². The molecule has 1 aromatic rings. The summed E-state index contributed by atoms with van der Waals surface area (Å²) in [7, 11) is 0. The molecule has 1 saturated carbocycles. The van der Waals surface area contributed by atoms with Crippen LogP contribution in [0.15, 0.2) is 10.6 Å². The van der Waals surface area contributed by atoms with E-state index in [2.05, 4.69) is 5.16 Å². The molecule has 1 aromatic heterocycles. The lowest BCUT2D eigenvalue weighted by Gasteiger charge is -2.03. The van der Waals surface area contributed by atoms with Crippen LogP contribution in [0.25, 0.3) is 0 Å². The first-order valence-corrected chi connectivity index (χ1v) is 5.47. The molecular weight excluding hydrogens is 176 g/mol. The van der Waals surface area contributed by atoms with E-state index < -0.39 is 0 Å². The van der Waals surface area contributed by atoms with E-state index in [9.17, 15) is 0 Å². The van der Waals surface area contributed by atoms with Crippen molar-refractivity contribution in [3.8, 4) is 0 Å². The van der Waals surface area contributed by atoms with Crippen LogP contribution in [0.2, 0.25) is 0 Å². The number of nitrogens with zero attached hydrogens (tertiary/aromatic N) is 1. The van der Waals surface area contributed by atoms with Crippen molar-refractivity contribution in [2.24, 2.45) is 11.7 Å². The van der Waals surface area contributed by atoms with Crippen LogP contribution in [0.4, 0.5) is 0 Å². The van der Waals surface area contributed by atoms with Gasteiger partial charge in [0.25, 0.3) is 0 Å². The summed E-state index contributed by atoms with van der Waals surface area (Å²) in [4.78, 5) is 0. The van der Waals surface area contributed by atoms with Crippen LogP contribution in [0.5, 0.6) is 0 Å². The fraction of sp³-hybridized carbons (Fsp3) is 0.727. The predicted molar refractivity (Wildman–Crippen MR) is 54.8 cm³/mol. The fourth-order valence-corrected chi connectivity index (χ4v) is 2.15. The Labute approximate surface area is 84.7 Å². The summed E-state index contributed by atoms with van der Waals surface area (Å²) in [5, 5.41) is 4.05. The lowest BCUT2D eigenvalue weighted by molar-refractivity contribution is 0.358. The van der Waals surface area contributed by atoms with Crippen LogP contribution in [0.3, 0.4) is 0 Å². The second-order valence-electron chi connectivity index (χ2n) is 4.36. The van der Waals surface area contributed by atoms with Crippen LogP contribution >= 0.6 is 0 Å². The zero-order valence-electron chi connectivity index (χ0n) is 8.70. The van der Waals surface area contributed by atoms with E-state index in [0.29, 0.717) is 0 Å². The Kier molecular flexibility index (Phi) is 2.87. The molecule has 3 heteroatoms. The molecule has 14 heavy (non-hydrogen) atoms. The van der Waals surface area contributed by atoms with Gasteiger partial charge in [-0.1, -0.05) is 30.8 Å². The highest BCUT2D eigenvalue weighted by molar-refractivity contribution is 5.09. The van der Waals surface area contributed by atoms with Crippen molar-refractivity contribution in [3.63, 3.8) is 0 Å². The molecule has 0 bridgehead atoms. The fourth-order valence-electron chi connectivity index (χ4n) is 2.15. The van der Waals surface area contributed by atoms with Crippen LogP contribution in [-0.4, -0.2) is 5.16 Å². The van der Waals surface area contributed by atoms with Crippen molar-refractivity contribution < 1.29 is 4.52 Å². The monoisotopic (exact) mass is 194 g/mol. The van der Waals surface area contributed by atoms with E-state index in [1.165, 1.54) is 25.7 Å². The Morgan fingerprint density at radius 1 is 1.57 bits per heavy atom. The molecule has 0 radical (unpaired) electrons. The Morgan fingerprint density at radius 2 is 2.29 bits per heavy atom. The molecule has 3 nitrogen and oxygen atoms in total. The van der Waals surface area contributed by atoms with Crippen LogP contribution < -0.4 is 5.73 Å². The first kappa shape index (κ1) is 9.71. The van der Waals surface area contributed by atoms with Crippen LogP contribution in [-0.2, 0) is 6.42 Å². The van der Waals surface area contributed by atoms with Crippen LogP contribution in [0, 0.1) is 5.92 Å². The standard InChI is InChI=1S/C11H18N2O/c1-8(12)11-7-10(13-14-11)6-9-4-2-3-5-9/h7-9H,2-6,12H2,1H3. The van der Waals surface area contributed by atoms with Crippen molar-refractivity contribution in [2.75, 3.05) is 0 Å². The van der Waals surface area contributed by atoms with Crippen molar-refractivity contribution >= 4 is 0 Å². The van der Waals surface area contributed by atoms with E-state index in [4.69, 9.17) is 10.3 Å². The zero-order chi connectivity index (χ0) is 9.97. The number of hydrogen-bond acceptors (Lipinski definition) is 3. The van der Waals surface area contributed by atoms with Gasteiger partial charge >= 0.3 is 0 Å². The molecule has 1 unspecified atom stereocenters. The van der Waals surface area contributed by atoms with Crippen molar-refractivity contribution in [1.29, 1.82) is 0 Å². The predicted octanol–water partition coefficient (Wildman–Crippen LogP) is 2.43. The summed E-state index contributed by atoms with van der Waals surface area (Å²) in [6.45, 7) is 1.92. The summed E-state index contributed by atoms with van der Waals surface area (Å²) >= 11 is 0. The molecule has 0 spiro atoms. The number of aromatic nitrogens is 1. The first-order valence-electron chi connectivity index (χ1n) is 5.47. The Bertz CT molecular complexity index is 287. The summed E-state index contributed by atoms with van der Waals surface area (Å²) in [5.41, 5.74) is 6.77. The van der Waals surface area contributed by atoms with Gasteiger partial charge in [-0.05, 0) is 19.3 Å². The summed E-state index contributed by atoms with van der Waals surface area (Å²) in [5.74, 6) is 1.62. The number of nitrogens with two attached hydrogens (primary N) is 1. The smallest absolute Gasteiger partial charge is 0.153 e.